The van der Waals surface area contributed by atoms with Crippen LogP contribution in [0, 0.1) is 5.92 Å². The van der Waals surface area contributed by atoms with Crippen LogP contribution in [-0.4, -0.2) is 58.8 Å². The van der Waals surface area contributed by atoms with E-state index in [1.165, 1.54) is 30.7 Å². The van der Waals surface area contributed by atoms with Gasteiger partial charge < -0.3 is 4.90 Å². The lowest BCUT2D eigenvalue weighted by Crippen LogP contribution is -2.50. The van der Waals surface area contributed by atoms with Crippen molar-refractivity contribution in [3.63, 3.8) is 0 Å². The monoisotopic (exact) mass is 309 g/mol. The zero-order chi connectivity index (χ0) is 14.8. The Morgan fingerprint density at radius 1 is 1.29 bits per heavy atom. The lowest BCUT2D eigenvalue weighted by molar-refractivity contribution is 0.144. The van der Waals surface area contributed by atoms with Crippen molar-refractivity contribution in [2.75, 3.05) is 38.0 Å². The molecule has 1 aromatic rings. The van der Waals surface area contributed by atoms with E-state index in [1.807, 2.05) is 4.90 Å². The Morgan fingerprint density at radius 2 is 2.00 bits per heavy atom. The minimum absolute atomic E-state index is 0.0486. The summed E-state index contributed by atoms with van der Waals surface area (Å²) in [5.74, 6) is 1.26. The molecule has 116 valence electrons. The average Bonchev–Trinajstić information content (AvgIpc) is 3.15. The van der Waals surface area contributed by atoms with E-state index >= 15 is 0 Å². The van der Waals surface area contributed by atoms with Gasteiger partial charge in [0.15, 0.2) is 0 Å². The van der Waals surface area contributed by atoms with Crippen molar-refractivity contribution in [3.05, 3.63) is 5.01 Å². The predicted molar refractivity (Wildman–Crippen MR) is 83.8 cm³/mol. The summed E-state index contributed by atoms with van der Waals surface area (Å²) in [6.45, 7) is 8.93. The molecule has 1 aliphatic carbocycles. The van der Waals surface area contributed by atoms with Crippen molar-refractivity contribution in [2.24, 2.45) is 5.92 Å². The topological polar surface area (TPSA) is 61.4 Å². The standard InChI is InChI=1S/C14H23N5OS/c1-10(2)12-16-17-13(21-12)15-14(20)19-7-5-18(6-8-19)9-11-3-4-11/h10-11H,3-9H2,1-2H3,(H,15,17,20). The number of hydrogen-bond donors (Lipinski definition) is 1. The summed E-state index contributed by atoms with van der Waals surface area (Å²) >= 11 is 1.46. The fraction of sp³-hybridized carbons (Fsp3) is 0.786. The molecule has 1 aromatic heterocycles. The fourth-order valence-electron chi connectivity index (χ4n) is 2.49. The number of carbonyl (C=O) groups is 1. The van der Waals surface area contributed by atoms with E-state index in [1.54, 1.807) is 0 Å². The maximum Gasteiger partial charge on any atom is 0.323 e. The molecule has 2 heterocycles. The first-order valence-electron chi connectivity index (χ1n) is 7.73. The molecule has 0 bridgehead atoms. The number of aromatic nitrogens is 2. The van der Waals surface area contributed by atoms with Gasteiger partial charge in [0.1, 0.15) is 5.01 Å². The first-order valence-corrected chi connectivity index (χ1v) is 8.55. The lowest BCUT2D eigenvalue weighted by Gasteiger charge is -2.34. The Labute approximate surface area is 129 Å². The predicted octanol–water partition coefficient (Wildman–Crippen LogP) is 2.22. The first-order chi connectivity index (χ1) is 10.1. The number of urea groups is 1. The van der Waals surface area contributed by atoms with Gasteiger partial charge in [-0.05, 0) is 18.8 Å². The van der Waals surface area contributed by atoms with Crippen LogP contribution in [-0.2, 0) is 0 Å². The molecule has 0 unspecified atom stereocenters. The quantitative estimate of drug-likeness (QED) is 0.926. The zero-order valence-corrected chi connectivity index (χ0v) is 13.5. The molecule has 1 saturated carbocycles. The second-order valence-electron chi connectivity index (χ2n) is 6.26. The number of rotatable bonds is 4. The van der Waals surface area contributed by atoms with Crippen LogP contribution in [0.5, 0.6) is 0 Å². The van der Waals surface area contributed by atoms with Crippen molar-refractivity contribution >= 4 is 22.5 Å². The molecule has 2 amide bonds. The summed E-state index contributed by atoms with van der Waals surface area (Å²) < 4.78 is 0. The highest BCUT2D eigenvalue weighted by atomic mass is 32.1. The van der Waals surface area contributed by atoms with E-state index in [2.05, 4.69) is 34.3 Å². The third kappa shape index (κ3) is 3.91. The molecule has 1 aliphatic heterocycles. The summed E-state index contributed by atoms with van der Waals surface area (Å²) in [5.41, 5.74) is 0. The molecule has 0 aromatic carbocycles. The maximum atomic E-state index is 12.2. The summed E-state index contributed by atoms with van der Waals surface area (Å²) in [4.78, 5) is 16.6. The van der Waals surface area contributed by atoms with E-state index in [0.29, 0.717) is 11.0 Å². The largest absolute Gasteiger partial charge is 0.323 e. The van der Waals surface area contributed by atoms with Gasteiger partial charge in [-0.25, -0.2) is 4.79 Å². The Bertz CT molecular complexity index is 491. The van der Waals surface area contributed by atoms with Crippen molar-refractivity contribution < 1.29 is 4.79 Å². The second kappa shape index (κ2) is 6.27. The van der Waals surface area contributed by atoms with Gasteiger partial charge in [-0.2, -0.15) is 0 Å². The zero-order valence-electron chi connectivity index (χ0n) is 12.7. The smallest absolute Gasteiger partial charge is 0.322 e. The van der Waals surface area contributed by atoms with E-state index < -0.39 is 0 Å². The highest BCUT2D eigenvalue weighted by molar-refractivity contribution is 7.15. The number of anilines is 1. The minimum atomic E-state index is -0.0486. The van der Waals surface area contributed by atoms with Gasteiger partial charge in [-0.3, -0.25) is 10.2 Å². The minimum Gasteiger partial charge on any atom is -0.322 e. The van der Waals surface area contributed by atoms with Crippen LogP contribution in [0.4, 0.5) is 9.93 Å². The van der Waals surface area contributed by atoms with E-state index in [-0.39, 0.29) is 6.03 Å². The number of piperazine rings is 1. The van der Waals surface area contributed by atoms with Crippen LogP contribution in [0.2, 0.25) is 0 Å². The molecule has 7 heteroatoms. The van der Waals surface area contributed by atoms with Crippen LogP contribution < -0.4 is 5.32 Å². The summed E-state index contributed by atoms with van der Waals surface area (Å²) in [6, 6.07) is -0.0486. The normalized spacial score (nSPS) is 20.0. The summed E-state index contributed by atoms with van der Waals surface area (Å²) in [7, 11) is 0. The Hall–Kier alpha value is -1.21. The van der Waals surface area contributed by atoms with Crippen molar-refractivity contribution in [1.29, 1.82) is 0 Å². The maximum absolute atomic E-state index is 12.2. The van der Waals surface area contributed by atoms with E-state index in [9.17, 15) is 4.79 Å². The van der Waals surface area contributed by atoms with Gasteiger partial charge >= 0.3 is 6.03 Å². The van der Waals surface area contributed by atoms with Gasteiger partial charge in [-0.15, -0.1) is 10.2 Å². The Balaban J connectivity index is 1.46. The molecule has 2 aliphatic rings. The van der Waals surface area contributed by atoms with Gasteiger partial charge in [0.2, 0.25) is 5.13 Å². The number of nitrogens with zero attached hydrogens (tertiary/aromatic N) is 4. The molecule has 6 nitrogen and oxygen atoms in total. The van der Waals surface area contributed by atoms with Crippen LogP contribution in [0.1, 0.15) is 37.6 Å². The van der Waals surface area contributed by atoms with Crippen molar-refractivity contribution in [1.82, 2.24) is 20.0 Å². The molecule has 2 fully saturated rings. The number of carbonyl (C=O) groups excluding carboxylic acids is 1. The molecule has 21 heavy (non-hydrogen) atoms. The molecular weight excluding hydrogens is 286 g/mol. The second-order valence-corrected chi connectivity index (χ2v) is 7.27. The molecule has 3 rings (SSSR count). The van der Waals surface area contributed by atoms with Crippen molar-refractivity contribution in [2.45, 2.75) is 32.6 Å². The summed E-state index contributed by atoms with van der Waals surface area (Å²) in [5, 5.41) is 12.6. The summed E-state index contributed by atoms with van der Waals surface area (Å²) in [6.07, 6.45) is 2.77. The highest BCUT2D eigenvalue weighted by Gasteiger charge is 2.27. The lowest BCUT2D eigenvalue weighted by atomic mass is 10.2. The Kier molecular flexibility index (Phi) is 4.40. The van der Waals surface area contributed by atoms with E-state index in [4.69, 9.17) is 0 Å². The van der Waals surface area contributed by atoms with Gasteiger partial charge in [0.05, 0.1) is 0 Å². The molecule has 0 spiro atoms. The van der Waals surface area contributed by atoms with Gasteiger partial charge in [0.25, 0.3) is 0 Å². The number of hydrogen-bond acceptors (Lipinski definition) is 5. The number of nitrogens with one attached hydrogen (secondary N) is 1. The van der Waals surface area contributed by atoms with E-state index in [0.717, 1.165) is 37.1 Å². The fourth-order valence-corrected chi connectivity index (χ4v) is 3.22. The molecule has 0 radical (unpaired) electrons. The van der Waals surface area contributed by atoms with Gasteiger partial charge in [-0.1, -0.05) is 25.2 Å². The third-order valence-corrected chi connectivity index (χ3v) is 5.16. The number of amides is 2. The van der Waals surface area contributed by atoms with Crippen LogP contribution >= 0.6 is 11.3 Å². The molecule has 1 N–H and O–H groups in total. The highest BCUT2D eigenvalue weighted by Crippen LogP contribution is 2.30. The Morgan fingerprint density at radius 3 is 2.57 bits per heavy atom. The SMILES string of the molecule is CC(C)c1nnc(NC(=O)N2CCN(CC3CC3)CC2)s1. The van der Waals surface area contributed by atoms with Crippen LogP contribution in [0.25, 0.3) is 0 Å². The van der Waals surface area contributed by atoms with Crippen molar-refractivity contribution in [3.8, 4) is 0 Å². The molecule has 1 saturated heterocycles. The molecule has 0 atom stereocenters. The first kappa shape index (κ1) is 14.7. The van der Waals surface area contributed by atoms with Gasteiger partial charge in [0, 0.05) is 38.6 Å². The average molecular weight is 309 g/mol. The third-order valence-electron chi connectivity index (χ3n) is 4.02. The van der Waals surface area contributed by atoms with Crippen LogP contribution in [0.15, 0.2) is 0 Å². The van der Waals surface area contributed by atoms with Crippen LogP contribution in [0.3, 0.4) is 0 Å². The molecular formula is C14H23N5OS.